The van der Waals surface area contributed by atoms with Crippen LogP contribution in [0.15, 0.2) is 35.1 Å². The van der Waals surface area contributed by atoms with Crippen molar-refractivity contribution in [2.24, 2.45) is 13.0 Å². The zero-order valence-electron chi connectivity index (χ0n) is 13.1. The van der Waals surface area contributed by atoms with Crippen LogP contribution in [0.4, 0.5) is 5.69 Å². The molecule has 0 aliphatic rings. The van der Waals surface area contributed by atoms with E-state index in [0.29, 0.717) is 5.92 Å². The average Bonchev–Trinajstić information content (AvgIpc) is 2.47. The highest BCUT2D eigenvalue weighted by Crippen LogP contribution is 2.20. The van der Waals surface area contributed by atoms with Gasteiger partial charge in [0.15, 0.2) is 0 Å². The Morgan fingerprint density at radius 1 is 1.29 bits per heavy atom. The molecule has 4 nitrogen and oxygen atoms in total. The first kappa shape index (κ1) is 15.6. The van der Waals surface area contributed by atoms with Gasteiger partial charge in [-0.3, -0.25) is 4.79 Å². The number of anilines is 1. The van der Waals surface area contributed by atoms with Crippen LogP contribution in [0.3, 0.4) is 0 Å². The number of rotatable bonds is 7. The second-order valence-corrected chi connectivity index (χ2v) is 5.72. The Kier molecular flexibility index (Phi) is 5.39. The van der Waals surface area contributed by atoms with Crippen LogP contribution in [-0.4, -0.2) is 24.3 Å². The molecule has 0 saturated carbocycles. The molecule has 21 heavy (non-hydrogen) atoms. The maximum atomic E-state index is 12.0. The van der Waals surface area contributed by atoms with E-state index in [0.717, 1.165) is 42.8 Å². The number of hydrogen-bond donors (Lipinski definition) is 1. The normalized spacial score (nSPS) is 11.2. The van der Waals surface area contributed by atoms with E-state index < -0.39 is 0 Å². The molecule has 0 unspecified atom stereocenters. The number of para-hydroxylation sites is 1. The fourth-order valence-corrected chi connectivity index (χ4v) is 2.27. The summed E-state index contributed by atoms with van der Waals surface area (Å²) >= 11 is 0. The lowest BCUT2D eigenvalue weighted by atomic mass is 10.2. The Hall–Kier alpha value is -1.81. The summed E-state index contributed by atoms with van der Waals surface area (Å²) in [5, 5.41) is 4.42. The summed E-state index contributed by atoms with van der Waals surface area (Å²) in [5.41, 5.74) is 1.85. The van der Waals surface area contributed by atoms with Crippen molar-refractivity contribution in [3.63, 3.8) is 0 Å². The van der Waals surface area contributed by atoms with Gasteiger partial charge in [-0.2, -0.15) is 0 Å². The zero-order valence-corrected chi connectivity index (χ0v) is 13.1. The first-order valence-corrected chi connectivity index (χ1v) is 7.50. The summed E-state index contributed by atoms with van der Waals surface area (Å²) in [5.74, 6) is 0.569. The van der Waals surface area contributed by atoms with Gasteiger partial charge in [0, 0.05) is 43.9 Å². The molecule has 0 bridgehead atoms. The predicted molar refractivity (Wildman–Crippen MR) is 88.0 cm³/mol. The van der Waals surface area contributed by atoms with Crippen molar-refractivity contribution in [2.75, 3.05) is 25.1 Å². The molecule has 2 aromatic rings. The van der Waals surface area contributed by atoms with Crippen LogP contribution >= 0.6 is 0 Å². The molecule has 1 aromatic heterocycles. The Morgan fingerprint density at radius 3 is 2.81 bits per heavy atom. The highest BCUT2D eigenvalue weighted by atomic mass is 16.5. The van der Waals surface area contributed by atoms with Crippen LogP contribution in [0.1, 0.15) is 20.3 Å². The molecule has 0 atom stereocenters. The van der Waals surface area contributed by atoms with E-state index in [4.69, 9.17) is 4.74 Å². The molecule has 2 rings (SSSR count). The second-order valence-electron chi connectivity index (χ2n) is 5.72. The smallest absolute Gasteiger partial charge is 0.252 e. The maximum absolute atomic E-state index is 12.0. The Balaban J connectivity index is 1.99. The van der Waals surface area contributed by atoms with E-state index in [9.17, 15) is 4.79 Å². The molecular formula is C17H24N2O2. The molecule has 0 amide bonds. The number of benzene rings is 1. The second kappa shape index (κ2) is 7.27. The van der Waals surface area contributed by atoms with Gasteiger partial charge in [0.1, 0.15) is 0 Å². The number of hydrogen-bond acceptors (Lipinski definition) is 3. The van der Waals surface area contributed by atoms with Gasteiger partial charge in [0.2, 0.25) is 0 Å². The molecular weight excluding hydrogens is 264 g/mol. The van der Waals surface area contributed by atoms with Gasteiger partial charge in [-0.25, -0.2) is 0 Å². The molecule has 1 heterocycles. The molecule has 0 radical (unpaired) electrons. The minimum absolute atomic E-state index is 0.00672. The summed E-state index contributed by atoms with van der Waals surface area (Å²) < 4.78 is 7.23. The van der Waals surface area contributed by atoms with Crippen molar-refractivity contribution in [2.45, 2.75) is 20.3 Å². The third-order valence-corrected chi connectivity index (χ3v) is 3.39. The zero-order chi connectivity index (χ0) is 15.2. The van der Waals surface area contributed by atoms with Crippen LogP contribution in [0.5, 0.6) is 0 Å². The van der Waals surface area contributed by atoms with Crippen molar-refractivity contribution >= 4 is 16.6 Å². The first-order valence-electron chi connectivity index (χ1n) is 7.50. The maximum Gasteiger partial charge on any atom is 0.252 e. The van der Waals surface area contributed by atoms with Gasteiger partial charge in [-0.1, -0.05) is 32.0 Å². The lowest BCUT2D eigenvalue weighted by Gasteiger charge is -2.12. The average molecular weight is 288 g/mol. The van der Waals surface area contributed by atoms with Crippen molar-refractivity contribution in [1.29, 1.82) is 0 Å². The van der Waals surface area contributed by atoms with Gasteiger partial charge in [-0.05, 0) is 18.4 Å². The third kappa shape index (κ3) is 4.08. The summed E-state index contributed by atoms with van der Waals surface area (Å²) in [4.78, 5) is 12.0. The largest absolute Gasteiger partial charge is 0.384 e. The van der Waals surface area contributed by atoms with Gasteiger partial charge < -0.3 is 14.6 Å². The summed E-state index contributed by atoms with van der Waals surface area (Å²) in [6.07, 6.45) is 0.927. The Labute approximate surface area is 125 Å². The Morgan fingerprint density at radius 2 is 2.05 bits per heavy atom. The lowest BCUT2D eigenvalue weighted by Crippen LogP contribution is -2.18. The Bertz CT molecular complexity index is 647. The van der Waals surface area contributed by atoms with Crippen LogP contribution in [0.2, 0.25) is 0 Å². The molecule has 0 aliphatic heterocycles. The first-order chi connectivity index (χ1) is 10.1. The highest BCUT2D eigenvalue weighted by Gasteiger charge is 2.05. The minimum atomic E-state index is 0.00672. The van der Waals surface area contributed by atoms with Crippen LogP contribution < -0.4 is 10.9 Å². The number of nitrogens with one attached hydrogen (secondary N) is 1. The SMILES string of the molecule is CC(C)COCCCNc1cc(=O)n(C)c2ccccc12. The fourth-order valence-electron chi connectivity index (χ4n) is 2.27. The van der Waals surface area contributed by atoms with Crippen molar-refractivity contribution in [1.82, 2.24) is 4.57 Å². The summed E-state index contributed by atoms with van der Waals surface area (Å²) in [7, 11) is 1.80. The topological polar surface area (TPSA) is 43.3 Å². The summed E-state index contributed by atoms with van der Waals surface area (Å²) in [6.45, 7) is 6.63. The lowest BCUT2D eigenvalue weighted by molar-refractivity contribution is 0.110. The van der Waals surface area contributed by atoms with Crippen LogP contribution in [0.25, 0.3) is 10.9 Å². The van der Waals surface area contributed by atoms with Crippen molar-refractivity contribution in [3.8, 4) is 0 Å². The number of pyridine rings is 1. The molecule has 1 N–H and O–H groups in total. The van der Waals surface area contributed by atoms with E-state index in [2.05, 4.69) is 19.2 Å². The molecule has 1 aromatic carbocycles. The number of ether oxygens (including phenoxy) is 1. The molecule has 0 fully saturated rings. The molecule has 0 spiro atoms. The van der Waals surface area contributed by atoms with Gasteiger partial charge >= 0.3 is 0 Å². The number of aromatic nitrogens is 1. The van der Waals surface area contributed by atoms with Gasteiger partial charge in [0.05, 0.1) is 5.52 Å². The quantitative estimate of drug-likeness (QED) is 0.796. The molecule has 114 valence electrons. The number of nitrogens with zero attached hydrogens (tertiary/aromatic N) is 1. The standard InChI is InChI=1S/C17H24N2O2/c1-13(2)12-21-10-6-9-18-15-11-17(20)19(3)16-8-5-4-7-14(15)16/h4-5,7-8,11,13,18H,6,9-10,12H2,1-3H3. The highest BCUT2D eigenvalue weighted by molar-refractivity contribution is 5.91. The van der Waals surface area contributed by atoms with Crippen molar-refractivity contribution < 1.29 is 4.74 Å². The molecule has 0 saturated heterocycles. The number of fused-ring (bicyclic) bond motifs is 1. The monoisotopic (exact) mass is 288 g/mol. The van der Waals surface area contributed by atoms with E-state index in [1.165, 1.54) is 0 Å². The molecule has 0 aliphatic carbocycles. The van der Waals surface area contributed by atoms with E-state index in [-0.39, 0.29) is 5.56 Å². The summed E-state index contributed by atoms with van der Waals surface area (Å²) in [6, 6.07) is 9.60. The van der Waals surface area contributed by atoms with Gasteiger partial charge in [0.25, 0.3) is 5.56 Å². The third-order valence-electron chi connectivity index (χ3n) is 3.39. The van der Waals surface area contributed by atoms with E-state index >= 15 is 0 Å². The van der Waals surface area contributed by atoms with Gasteiger partial charge in [-0.15, -0.1) is 0 Å². The van der Waals surface area contributed by atoms with E-state index in [1.807, 2.05) is 24.3 Å². The fraction of sp³-hybridized carbons (Fsp3) is 0.471. The number of aryl methyl sites for hydroxylation is 1. The van der Waals surface area contributed by atoms with Crippen LogP contribution in [-0.2, 0) is 11.8 Å². The minimum Gasteiger partial charge on any atom is -0.384 e. The van der Waals surface area contributed by atoms with Crippen molar-refractivity contribution in [3.05, 3.63) is 40.7 Å². The predicted octanol–water partition coefficient (Wildman–Crippen LogP) is 3.01. The molecule has 4 heteroatoms. The van der Waals surface area contributed by atoms with Crippen LogP contribution in [0, 0.1) is 5.92 Å². The van der Waals surface area contributed by atoms with E-state index in [1.54, 1.807) is 17.7 Å².